The average molecular weight is 421 g/mol. The molecule has 0 spiro atoms. The van der Waals surface area contributed by atoms with Crippen LogP contribution in [0.25, 0.3) is 0 Å². The van der Waals surface area contributed by atoms with Gasteiger partial charge in [0, 0.05) is 18.9 Å². The third-order valence-electron chi connectivity index (χ3n) is 5.51. The van der Waals surface area contributed by atoms with Crippen molar-refractivity contribution in [2.24, 2.45) is 5.92 Å². The minimum absolute atomic E-state index is 0.00305. The van der Waals surface area contributed by atoms with E-state index in [0.717, 1.165) is 32.4 Å². The molecule has 2 fully saturated rings. The van der Waals surface area contributed by atoms with Crippen LogP contribution in [-0.2, 0) is 14.3 Å². The zero-order valence-electron chi connectivity index (χ0n) is 17.7. The number of nitrogens with one attached hydrogen (secondary N) is 3. The number of carbonyl (C=O) groups excluding carboxylic acids is 3. The Bertz CT molecular complexity index is 715. The van der Waals surface area contributed by atoms with Crippen LogP contribution < -0.4 is 15.4 Å². The van der Waals surface area contributed by atoms with Crippen LogP contribution in [0.1, 0.15) is 39.5 Å². The third kappa shape index (κ3) is 6.30. The molecule has 9 nitrogen and oxygen atoms in total. The SMILES string of the molecule is CC(C)CC[C@H](NC(=O)Oc1cc[nH]c1)C(=O)NC1C(=O)COC1CN1CCCC1. The lowest BCUT2D eigenvalue weighted by molar-refractivity contribution is -0.127. The number of ether oxygens (including phenoxy) is 2. The van der Waals surface area contributed by atoms with Gasteiger partial charge in [0.25, 0.3) is 0 Å². The number of nitrogens with zero attached hydrogens (tertiary/aromatic N) is 1. The Hall–Kier alpha value is -2.39. The smallest absolute Gasteiger partial charge is 0.409 e. The van der Waals surface area contributed by atoms with Gasteiger partial charge < -0.3 is 30.0 Å². The number of carbonyl (C=O) groups is 3. The Labute approximate surface area is 176 Å². The summed E-state index contributed by atoms with van der Waals surface area (Å²) in [5, 5.41) is 5.46. The highest BCUT2D eigenvalue weighted by Gasteiger charge is 2.39. The van der Waals surface area contributed by atoms with Gasteiger partial charge in [-0.25, -0.2) is 4.79 Å². The van der Waals surface area contributed by atoms with E-state index in [9.17, 15) is 14.4 Å². The summed E-state index contributed by atoms with van der Waals surface area (Å²) in [4.78, 5) is 42.6. The van der Waals surface area contributed by atoms with Crippen LogP contribution in [0, 0.1) is 5.92 Å². The van der Waals surface area contributed by atoms with Crippen molar-refractivity contribution in [3.8, 4) is 5.75 Å². The van der Waals surface area contributed by atoms with Crippen LogP contribution >= 0.6 is 0 Å². The Balaban J connectivity index is 1.60. The van der Waals surface area contributed by atoms with E-state index in [2.05, 4.69) is 20.5 Å². The maximum Gasteiger partial charge on any atom is 0.413 e. The van der Waals surface area contributed by atoms with Crippen molar-refractivity contribution in [3.63, 3.8) is 0 Å². The van der Waals surface area contributed by atoms with E-state index >= 15 is 0 Å². The number of H-pyrrole nitrogens is 1. The molecule has 3 N–H and O–H groups in total. The van der Waals surface area contributed by atoms with Crippen molar-refractivity contribution >= 4 is 17.8 Å². The molecule has 30 heavy (non-hydrogen) atoms. The third-order valence-corrected chi connectivity index (χ3v) is 5.51. The van der Waals surface area contributed by atoms with E-state index < -0.39 is 24.1 Å². The first kappa shape index (κ1) is 22.3. The molecule has 0 bridgehead atoms. The molecule has 0 radical (unpaired) electrons. The second-order valence-electron chi connectivity index (χ2n) is 8.41. The molecular formula is C21H32N4O5. The lowest BCUT2D eigenvalue weighted by Crippen LogP contribution is -2.55. The Morgan fingerprint density at radius 2 is 2.07 bits per heavy atom. The summed E-state index contributed by atoms with van der Waals surface area (Å²) in [7, 11) is 0. The number of Topliss-reactive ketones (excluding diaryl/α,β-unsaturated/α-hetero) is 1. The van der Waals surface area contributed by atoms with E-state index in [1.54, 1.807) is 18.5 Å². The van der Waals surface area contributed by atoms with Gasteiger partial charge in [0.2, 0.25) is 5.91 Å². The first-order chi connectivity index (χ1) is 14.4. The standard InChI is InChI=1S/C21H32N4O5/c1-14(2)5-6-16(23-21(28)30-15-7-8-22-11-15)20(27)24-19-17(26)13-29-18(19)12-25-9-3-4-10-25/h7-8,11,14,16,18-19,22H,3-6,9-10,12-13H2,1-2H3,(H,23,28)(H,24,27)/t16-,18?,19?/m0/s1. The van der Waals surface area contributed by atoms with Gasteiger partial charge in [-0.3, -0.25) is 9.59 Å². The lowest BCUT2D eigenvalue weighted by Gasteiger charge is -2.26. The van der Waals surface area contributed by atoms with Gasteiger partial charge in [0.05, 0.1) is 6.10 Å². The van der Waals surface area contributed by atoms with Crippen molar-refractivity contribution < 1.29 is 23.9 Å². The molecule has 1 aromatic heterocycles. The minimum Gasteiger partial charge on any atom is -0.409 e. The van der Waals surface area contributed by atoms with Crippen LogP contribution in [0.2, 0.25) is 0 Å². The number of hydrogen-bond donors (Lipinski definition) is 3. The number of rotatable bonds is 9. The summed E-state index contributed by atoms with van der Waals surface area (Å²) >= 11 is 0. The van der Waals surface area contributed by atoms with Gasteiger partial charge in [-0.1, -0.05) is 13.8 Å². The van der Waals surface area contributed by atoms with Gasteiger partial charge in [-0.05, 0) is 50.8 Å². The molecule has 166 valence electrons. The maximum atomic E-state index is 13.0. The number of ketones is 1. The largest absolute Gasteiger partial charge is 0.413 e. The zero-order chi connectivity index (χ0) is 21.5. The van der Waals surface area contributed by atoms with Gasteiger partial charge in [0.15, 0.2) is 5.78 Å². The van der Waals surface area contributed by atoms with Crippen LogP contribution in [-0.4, -0.2) is 72.1 Å². The molecule has 0 aromatic carbocycles. The topological polar surface area (TPSA) is 113 Å². The highest BCUT2D eigenvalue weighted by atomic mass is 16.6. The number of amides is 2. The average Bonchev–Trinajstić information content (AvgIpc) is 3.45. The molecular weight excluding hydrogens is 388 g/mol. The molecule has 3 heterocycles. The fourth-order valence-electron chi connectivity index (χ4n) is 3.81. The van der Waals surface area contributed by atoms with E-state index in [1.807, 2.05) is 13.8 Å². The molecule has 2 unspecified atom stereocenters. The second-order valence-corrected chi connectivity index (χ2v) is 8.41. The summed E-state index contributed by atoms with van der Waals surface area (Å²) < 4.78 is 10.8. The van der Waals surface area contributed by atoms with E-state index in [1.165, 1.54) is 0 Å². The zero-order valence-corrected chi connectivity index (χ0v) is 17.7. The monoisotopic (exact) mass is 420 g/mol. The molecule has 0 saturated carbocycles. The summed E-state index contributed by atoms with van der Waals surface area (Å²) in [5.41, 5.74) is 0. The summed E-state index contributed by atoms with van der Waals surface area (Å²) in [5.74, 6) is 0.199. The molecule has 2 saturated heterocycles. The van der Waals surface area contributed by atoms with Crippen molar-refractivity contribution in [1.82, 2.24) is 20.5 Å². The predicted octanol–water partition coefficient (Wildman–Crippen LogP) is 1.46. The molecule has 0 aliphatic carbocycles. The maximum absolute atomic E-state index is 13.0. The number of likely N-dealkylation sites (tertiary alicyclic amines) is 1. The molecule has 2 aliphatic rings. The van der Waals surface area contributed by atoms with Crippen molar-refractivity contribution in [1.29, 1.82) is 0 Å². The van der Waals surface area contributed by atoms with E-state index in [4.69, 9.17) is 9.47 Å². The highest BCUT2D eigenvalue weighted by molar-refractivity contribution is 5.94. The van der Waals surface area contributed by atoms with Crippen LogP contribution in [0.3, 0.4) is 0 Å². The van der Waals surface area contributed by atoms with Gasteiger partial charge in [0.1, 0.15) is 24.4 Å². The Morgan fingerprint density at radius 1 is 1.30 bits per heavy atom. The molecule has 3 rings (SSSR count). The van der Waals surface area contributed by atoms with Crippen LogP contribution in [0.4, 0.5) is 4.79 Å². The number of hydrogen-bond acceptors (Lipinski definition) is 6. The summed E-state index contributed by atoms with van der Waals surface area (Å²) in [6, 6.07) is 0.127. The first-order valence-electron chi connectivity index (χ1n) is 10.7. The Morgan fingerprint density at radius 3 is 2.73 bits per heavy atom. The summed E-state index contributed by atoms with van der Waals surface area (Å²) in [6.45, 7) is 6.69. The lowest BCUT2D eigenvalue weighted by atomic mass is 10.0. The molecule has 9 heteroatoms. The normalized spacial score (nSPS) is 23.0. The quantitative estimate of drug-likeness (QED) is 0.557. The predicted molar refractivity (Wildman–Crippen MR) is 110 cm³/mol. The minimum atomic E-state index is -0.792. The van der Waals surface area contributed by atoms with E-state index in [0.29, 0.717) is 24.6 Å². The van der Waals surface area contributed by atoms with Crippen LogP contribution in [0.15, 0.2) is 18.5 Å². The van der Waals surface area contributed by atoms with E-state index in [-0.39, 0.29) is 18.5 Å². The molecule has 3 atom stereocenters. The number of aromatic nitrogens is 1. The highest BCUT2D eigenvalue weighted by Crippen LogP contribution is 2.17. The van der Waals surface area contributed by atoms with Crippen LogP contribution in [0.5, 0.6) is 5.75 Å². The molecule has 2 amide bonds. The second kappa shape index (κ2) is 10.6. The molecule has 1 aromatic rings. The number of aromatic amines is 1. The first-order valence-corrected chi connectivity index (χ1v) is 10.7. The van der Waals surface area contributed by atoms with Crippen molar-refractivity contribution in [2.75, 3.05) is 26.2 Å². The fraction of sp³-hybridized carbons (Fsp3) is 0.667. The fourth-order valence-corrected chi connectivity index (χ4v) is 3.81. The van der Waals surface area contributed by atoms with Crippen molar-refractivity contribution in [3.05, 3.63) is 18.5 Å². The van der Waals surface area contributed by atoms with Gasteiger partial charge >= 0.3 is 6.09 Å². The summed E-state index contributed by atoms with van der Waals surface area (Å²) in [6.07, 6.45) is 5.58. The molecule has 2 aliphatic heterocycles. The van der Waals surface area contributed by atoms with Gasteiger partial charge in [-0.2, -0.15) is 0 Å². The van der Waals surface area contributed by atoms with Gasteiger partial charge in [-0.15, -0.1) is 0 Å². The van der Waals surface area contributed by atoms with Crippen molar-refractivity contribution in [2.45, 2.75) is 57.7 Å². The Kier molecular flexibility index (Phi) is 7.87.